The molecule has 2 amide bonds. The number of nitrogens with zero attached hydrogens (tertiary/aromatic N) is 3. The Morgan fingerprint density at radius 1 is 1.20 bits per heavy atom. The largest absolute Gasteiger partial charge is 0.462 e. The summed E-state index contributed by atoms with van der Waals surface area (Å²) in [6, 6.07) is -1.09. The zero-order valence-electron chi connectivity index (χ0n) is 21.7. The number of rotatable bonds is 10. The second kappa shape index (κ2) is 13.2. The number of hydrogen-bond acceptors (Lipinski definition) is 15. The second-order valence-electron chi connectivity index (χ2n) is 8.12. The molecule has 2 aliphatic rings. The number of nitrogens with two attached hydrogens (primary N) is 1. The molecule has 0 aromatic carbocycles. The predicted octanol–water partition coefficient (Wildman–Crippen LogP) is 0.218. The van der Waals surface area contributed by atoms with Crippen molar-refractivity contribution in [2.24, 2.45) is 5.16 Å². The first-order valence-electron chi connectivity index (χ1n) is 11.5. The Morgan fingerprint density at radius 2 is 1.93 bits per heavy atom. The lowest BCUT2D eigenvalue weighted by Crippen LogP contribution is -2.71. The van der Waals surface area contributed by atoms with Crippen molar-refractivity contribution in [3.8, 4) is 0 Å². The van der Waals surface area contributed by atoms with Crippen molar-refractivity contribution in [2.75, 3.05) is 18.1 Å². The highest BCUT2D eigenvalue weighted by Crippen LogP contribution is 2.41. The van der Waals surface area contributed by atoms with E-state index in [1.54, 1.807) is 0 Å². The summed E-state index contributed by atoms with van der Waals surface area (Å²) in [5, 5.41) is 6.94. The predicted molar refractivity (Wildman–Crippen MR) is 140 cm³/mol. The molecule has 17 heteroatoms. The number of hydrogen-bond donors (Lipinski definition) is 2. The molecule has 0 spiro atoms. The van der Waals surface area contributed by atoms with E-state index in [2.05, 4.69) is 20.3 Å². The highest BCUT2D eigenvalue weighted by atomic mass is 32.2. The number of carbonyl (C=O) groups is 6. The maximum atomic E-state index is 13.2. The smallest absolute Gasteiger partial charge is 0.358 e. The van der Waals surface area contributed by atoms with Crippen molar-refractivity contribution < 1.29 is 47.8 Å². The summed E-state index contributed by atoms with van der Waals surface area (Å²) in [7, 11) is 0. The van der Waals surface area contributed by atoms with Gasteiger partial charge in [-0.2, -0.15) is 0 Å². The van der Waals surface area contributed by atoms with Crippen LogP contribution in [0.15, 0.2) is 34.0 Å². The zero-order chi connectivity index (χ0) is 29.6. The van der Waals surface area contributed by atoms with Gasteiger partial charge in [-0.1, -0.05) is 11.2 Å². The number of fused-ring (bicyclic) bond motifs is 1. The molecule has 1 aromatic rings. The van der Waals surface area contributed by atoms with E-state index >= 15 is 0 Å². The van der Waals surface area contributed by atoms with E-state index in [0.717, 1.165) is 30.1 Å². The van der Waals surface area contributed by atoms with Gasteiger partial charge in [0.1, 0.15) is 29.4 Å². The summed E-state index contributed by atoms with van der Waals surface area (Å²) in [6.07, 6.45) is 1.75. The lowest BCUT2D eigenvalue weighted by Gasteiger charge is -2.49. The normalized spacial score (nSPS) is 19.4. The lowest BCUT2D eigenvalue weighted by molar-refractivity contribution is -0.182. The highest BCUT2D eigenvalue weighted by Gasteiger charge is 2.54. The topological polar surface area (TPSA) is 206 Å². The van der Waals surface area contributed by atoms with E-state index in [0.29, 0.717) is 5.57 Å². The molecule has 1 unspecified atom stereocenters. The third kappa shape index (κ3) is 7.44. The van der Waals surface area contributed by atoms with Gasteiger partial charge in [0.05, 0.1) is 0 Å². The number of nitrogens with one attached hydrogen (secondary N) is 1. The van der Waals surface area contributed by atoms with Crippen molar-refractivity contribution >= 4 is 69.6 Å². The van der Waals surface area contributed by atoms with Crippen LogP contribution >= 0.6 is 23.1 Å². The fourth-order valence-corrected chi connectivity index (χ4v) is 5.37. The van der Waals surface area contributed by atoms with Gasteiger partial charge in [0.2, 0.25) is 6.29 Å². The Morgan fingerprint density at radius 3 is 2.52 bits per heavy atom. The second-order valence-corrected chi connectivity index (χ2v) is 10.1. The lowest BCUT2D eigenvalue weighted by atomic mass is 10.0. The average Bonchev–Trinajstić information content (AvgIpc) is 3.29. The number of carbonyl (C=O) groups excluding carboxylic acids is 6. The van der Waals surface area contributed by atoms with Crippen LogP contribution in [0, 0.1) is 0 Å². The maximum Gasteiger partial charge on any atom is 0.358 e. The Kier molecular flexibility index (Phi) is 10.0. The molecular weight excluding hydrogens is 570 g/mol. The third-order valence-electron chi connectivity index (χ3n) is 5.03. The number of nitrogen functional groups attached to an aromatic ring is 1. The molecular formula is C23H25N5O10S2. The Labute approximate surface area is 235 Å². The Bertz CT molecular complexity index is 1320. The van der Waals surface area contributed by atoms with Crippen molar-refractivity contribution in [3.63, 3.8) is 0 Å². The van der Waals surface area contributed by atoms with Gasteiger partial charge < -0.3 is 30.1 Å². The summed E-state index contributed by atoms with van der Waals surface area (Å²) in [4.78, 5) is 82.6. The molecule has 1 saturated heterocycles. The minimum absolute atomic E-state index is 0.0324. The Balaban J connectivity index is 1.84. The summed E-state index contributed by atoms with van der Waals surface area (Å²) in [6.45, 7) is 4.74. The number of anilines is 1. The molecule has 40 heavy (non-hydrogen) atoms. The highest BCUT2D eigenvalue weighted by molar-refractivity contribution is 8.00. The maximum absolute atomic E-state index is 13.2. The molecule has 0 saturated carbocycles. The van der Waals surface area contributed by atoms with Gasteiger partial charge in [-0.15, -0.1) is 23.1 Å². The first-order valence-corrected chi connectivity index (χ1v) is 13.5. The SMILES string of the molecule is CC(=O)OC/C=C\C1=C(C(=O)OC(C)OC(C)=O)N2C(=O)[C@@H](NC(=O)/C(=N\OC(C)=O)c3csc(N)n3)[C@H]2SC1. The van der Waals surface area contributed by atoms with Crippen LogP contribution in [0.25, 0.3) is 0 Å². The number of esters is 3. The van der Waals surface area contributed by atoms with Crippen LogP contribution in [0.5, 0.6) is 0 Å². The van der Waals surface area contributed by atoms with Gasteiger partial charge in [-0.25, -0.2) is 14.6 Å². The van der Waals surface area contributed by atoms with Crippen molar-refractivity contribution in [3.05, 3.63) is 34.5 Å². The molecule has 1 fully saturated rings. The number of aromatic nitrogens is 1. The van der Waals surface area contributed by atoms with E-state index in [1.165, 1.54) is 43.1 Å². The molecule has 0 aliphatic carbocycles. The molecule has 3 atom stereocenters. The third-order valence-corrected chi connectivity index (χ3v) is 7.01. The first-order chi connectivity index (χ1) is 18.9. The number of ether oxygens (including phenoxy) is 3. The molecule has 0 bridgehead atoms. The van der Waals surface area contributed by atoms with Crippen LogP contribution in [-0.2, 0) is 47.8 Å². The van der Waals surface area contributed by atoms with Gasteiger partial charge in [-0.3, -0.25) is 24.1 Å². The number of thioether (sulfide) groups is 1. The molecule has 0 radical (unpaired) electrons. The molecule has 1 aromatic heterocycles. The average molecular weight is 596 g/mol. The first kappa shape index (κ1) is 30.3. The van der Waals surface area contributed by atoms with Crippen LogP contribution in [0.3, 0.4) is 0 Å². The zero-order valence-corrected chi connectivity index (χ0v) is 23.3. The number of amides is 2. The Hall–Kier alpha value is -4.25. The minimum Gasteiger partial charge on any atom is -0.462 e. The van der Waals surface area contributed by atoms with E-state index in [4.69, 9.17) is 19.9 Å². The van der Waals surface area contributed by atoms with E-state index in [-0.39, 0.29) is 34.6 Å². The van der Waals surface area contributed by atoms with E-state index < -0.39 is 53.4 Å². The molecule has 2 aliphatic heterocycles. The monoisotopic (exact) mass is 595 g/mol. The fourth-order valence-electron chi connectivity index (χ4n) is 3.50. The molecule has 3 heterocycles. The molecule has 3 N–H and O–H groups in total. The van der Waals surface area contributed by atoms with E-state index in [9.17, 15) is 28.8 Å². The summed E-state index contributed by atoms with van der Waals surface area (Å²) in [5.74, 6) is -4.21. The van der Waals surface area contributed by atoms with Crippen LogP contribution in [0.1, 0.15) is 33.4 Å². The number of β-lactam (4-membered cyclic amide) rings is 1. The number of thiazole rings is 1. The van der Waals surface area contributed by atoms with Crippen molar-refractivity contribution in [1.82, 2.24) is 15.2 Å². The summed E-state index contributed by atoms with van der Waals surface area (Å²) in [5.41, 5.74) is 5.54. The van der Waals surface area contributed by atoms with Crippen LogP contribution in [0.4, 0.5) is 5.13 Å². The molecule has 15 nitrogen and oxygen atoms in total. The minimum atomic E-state index is -1.24. The number of oxime groups is 1. The molecule has 214 valence electrons. The molecule has 3 rings (SSSR count). The quantitative estimate of drug-likeness (QED) is 0.0928. The van der Waals surface area contributed by atoms with Gasteiger partial charge in [0.25, 0.3) is 11.8 Å². The summed E-state index contributed by atoms with van der Waals surface area (Å²) < 4.78 is 14.9. The van der Waals surface area contributed by atoms with Crippen LogP contribution in [0.2, 0.25) is 0 Å². The van der Waals surface area contributed by atoms with E-state index in [1.807, 2.05) is 0 Å². The number of allylic oxidation sites excluding steroid dienone is 1. The fraction of sp³-hybridized carbons (Fsp3) is 0.391. The van der Waals surface area contributed by atoms with Gasteiger partial charge in [-0.05, 0) is 11.6 Å². The van der Waals surface area contributed by atoms with Crippen molar-refractivity contribution in [1.29, 1.82) is 0 Å². The van der Waals surface area contributed by atoms with Gasteiger partial charge >= 0.3 is 23.9 Å². The van der Waals surface area contributed by atoms with Crippen LogP contribution in [-0.4, -0.2) is 81.4 Å². The standard InChI is InChI=1S/C23H25N5O10S2/c1-10(29)35-7-5-6-14-8-39-21-17(20(33)28(21)18(14)22(34)37-13(4)36-11(2)30)26-19(32)16(27-38-12(3)31)15-9-40-23(24)25-15/h5-6,9,13,17,21H,7-8H2,1-4H3,(H2,24,25)(H,26,32)/b6-5-,27-16-/t13?,17-,21-/m1/s1. The summed E-state index contributed by atoms with van der Waals surface area (Å²) >= 11 is 2.27. The van der Waals surface area contributed by atoms with Crippen LogP contribution < -0.4 is 11.1 Å². The van der Waals surface area contributed by atoms with Gasteiger partial charge in [0, 0.05) is 38.8 Å². The van der Waals surface area contributed by atoms with Gasteiger partial charge in [0.15, 0.2) is 10.8 Å². The van der Waals surface area contributed by atoms with Crippen molar-refractivity contribution in [2.45, 2.75) is 45.4 Å².